The van der Waals surface area contributed by atoms with Gasteiger partial charge in [0, 0.05) is 28.2 Å². The fraction of sp³-hybridized carbons (Fsp3) is 0.167. The van der Waals surface area contributed by atoms with E-state index >= 15 is 0 Å². The van der Waals surface area contributed by atoms with Crippen molar-refractivity contribution in [2.45, 2.75) is 6.92 Å². The van der Waals surface area contributed by atoms with Crippen molar-refractivity contribution >= 4 is 34.0 Å². The fourth-order valence-electron chi connectivity index (χ4n) is 2.61. The standard InChI is InChI=1S/C18H17N3O5/c1-9(22)10-4-13(12-7-15(18(23)24)21-14(12)5-10)20-11-6-16(25-2)17(26-3)19-8-11/h4-8,20-21H,1-3H3,(H,23,24). The van der Waals surface area contributed by atoms with Crippen LogP contribution in [0, 0.1) is 0 Å². The van der Waals surface area contributed by atoms with Gasteiger partial charge in [0.1, 0.15) is 5.69 Å². The van der Waals surface area contributed by atoms with Gasteiger partial charge in [-0.1, -0.05) is 0 Å². The molecule has 0 aliphatic rings. The Morgan fingerprint density at radius 1 is 1.15 bits per heavy atom. The molecule has 8 heteroatoms. The highest BCUT2D eigenvalue weighted by Crippen LogP contribution is 2.32. The minimum Gasteiger partial charge on any atom is -0.491 e. The Hall–Kier alpha value is -3.55. The molecular weight excluding hydrogens is 338 g/mol. The van der Waals surface area contributed by atoms with Gasteiger partial charge in [-0.2, -0.15) is 0 Å². The summed E-state index contributed by atoms with van der Waals surface area (Å²) < 4.78 is 10.3. The second-order valence-electron chi connectivity index (χ2n) is 5.59. The van der Waals surface area contributed by atoms with Gasteiger partial charge >= 0.3 is 5.97 Å². The van der Waals surface area contributed by atoms with Gasteiger partial charge in [0.2, 0.25) is 0 Å². The SMILES string of the molecule is COc1cc(Nc2cc(C(C)=O)cc3[nH]c(C(=O)O)cc23)cnc1OC. The maximum Gasteiger partial charge on any atom is 0.352 e. The topological polar surface area (TPSA) is 114 Å². The van der Waals surface area contributed by atoms with E-state index in [0.717, 1.165) is 0 Å². The van der Waals surface area contributed by atoms with Crippen LogP contribution in [-0.2, 0) is 0 Å². The quantitative estimate of drug-likeness (QED) is 0.582. The summed E-state index contributed by atoms with van der Waals surface area (Å²) in [7, 11) is 2.99. The lowest BCUT2D eigenvalue weighted by molar-refractivity contribution is 0.0691. The first-order chi connectivity index (χ1) is 12.4. The summed E-state index contributed by atoms with van der Waals surface area (Å²) in [5.41, 5.74) is 2.21. The van der Waals surface area contributed by atoms with Gasteiger partial charge in [0.15, 0.2) is 11.5 Å². The average molecular weight is 355 g/mol. The van der Waals surface area contributed by atoms with E-state index in [1.807, 2.05) is 0 Å². The number of aromatic amines is 1. The molecule has 1 aromatic carbocycles. The van der Waals surface area contributed by atoms with Crippen LogP contribution in [0.2, 0.25) is 0 Å². The molecule has 0 aliphatic carbocycles. The summed E-state index contributed by atoms with van der Waals surface area (Å²) in [6, 6.07) is 6.50. The van der Waals surface area contributed by atoms with Crippen molar-refractivity contribution in [3.63, 3.8) is 0 Å². The largest absolute Gasteiger partial charge is 0.491 e. The number of carboxylic acids is 1. The highest BCUT2D eigenvalue weighted by Gasteiger charge is 2.14. The Kier molecular flexibility index (Phi) is 4.49. The van der Waals surface area contributed by atoms with Gasteiger partial charge < -0.3 is 24.9 Å². The van der Waals surface area contributed by atoms with E-state index in [1.165, 1.54) is 27.2 Å². The zero-order valence-electron chi connectivity index (χ0n) is 14.4. The van der Waals surface area contributed by atoms with Crippen molar-refractivity contribution in [3.8, 4) is 11.6 Å². The van der Waals surface area contributed by atoms with E-state index in [-0.39, 0.29) is 11.5 Å². The number of pyridine rings is 1. The monoisotopic (exact) mass is 355 g/mol. The third kappa shape index (κ3) is 3.16. The number of rotatable bonds is 6. The lowest BCUT2D eigenvalue weighted by Gasteiger charge is -2.12. The first-order valence-corrected chi connectivity index (χ1v) is 7.69. The normalized spacial score (nSPS) is 10.6. The molecule has 2 aromatic heterocycles. The summed E-state index contributed by atoms with van der Waals surface area (Å²) in [5.74, 6) is -0.427. The number of hydrogen-bond donors (Lipinski definition) is 3. The Bertz CT molecular complexity index is 1010. The van der Waals surface area contributed by atoms with E-state index < -0.39 is 5.97 Å². The van der Waals surface area contributed by atoms with Gasteiger partial charge in [-0.3, -0.25) is 4.79 Å². The van der Waals surface area contributed by atoms with Crippen LogP contribution >= 0.6 is 0 Å². The third-order valence-corrected chi connectivity index (χ3v) is 3.89. The number of hydrogen-bond acceptors (Lipinski definition) is 6. The van der Waals surface area contributed by atoms with Crippen LogP contribution in [0.25, 0.3) is 10.9 Å². The van der Waals surface area contributed by atoms with Gasteiger partial charge in [-0.15, -0.1) is 0 Å². The maximum atomic E-state index is 11.8. The van der Waals surface area contributed by atoms with Crippen LogP contribution in [-0.4, -0.2) is 41.0 Å². The molecule has 0 radical (unpaired) electrons. The molecule has 3 N–H and O–H groups in total. The van der Waals surface area contributed by atoms with Crippen LogP contribution < -0.4 is 14.8 Å². The van der Waals surface area contributed by atoms with E-state index in [9.17, 15) is 14.7 Å². The molecule has 0 atom stereocenters. The summed E-state index contributed by atoms with van der Waals surface area (Å²) in [5, 5.41) is 13.0. The zero-order valence-corrected chi connectivity index (χ0v) is 14.4. The fourth-order valence-corrected chi connectivity index (χ4v) is 2.61. The number of aromatic nitrogens is 2. The smallest absolute Gasteiger partial charge is 0.352 e. The summed E-state index contributed by atoms with van der Waals surface area (Å²) in [4.78, 5) is 30.0. The molecule has 0 bridgehead atoms. The molecule has 0 saturated heterocycles. The number of carbonyl (C=O) groups excluding carboxylic acids is 1. The van der Waals surface area contributed by atoms with Crippen molar-refractivity contribution in [2.75, 3.05) is 19.5 Å². The van der Waals surface area contributed by atoms with Crippen LogP contribution in [0.5, 0.6) is 11.6 Å². The maximum absolute atomic E-state index is 11.8. The van der Waals surface area contributed by atoms with Crippen molar-refractivity contribution < 1.29 is 24.2 Å². The number of carbonyl (C=O) groups is 2. The summed E-state index contributed by atoms with van der Waals surface area (Å²) in [6.07, 6.45) is 1.55. The molecule has 0 amide bonds. The van der Waals surface area contributed by atoms with E-state index in [2.05, 4.69) is 15.3 Å². The van der Waals surface area contributed by atoms with Gasteiger partial charge in [0.05, 0.1) is 26.1 Å². The minimum atomic E-state index is -1.08. The summed E-state index contributed by atoms with van der Waals surface area (Å²) in [6.45, 7) is 1.45. The lowest BCUT2D eigenvalue weighted by atomic mass is 10.1. The number of anilines is 2. The van der Waals surface area contributed by atoms with Crippen molar-refractivity contribution in [1.82, 2.24) is 9.97 Å². The first-order valence-electron chi connectivity index (χ1n) is 7.69. The van der Waals surface area contributed by atoms with Crippen molar-refractivity contribution in [2.24, 2.45) is 0 Å². The molecule has 8 nitrogen and oxygen atoms in total. The number of nitrogens with zero attached hydrogens (tertiary/aromatic N) is 1. The highest BCUT2D eigenvalue weighted by molar-refractivity contribution is 6.05. The summed E-state index contributed by atoms with van der Waals surface area (Å²) >= 11 is 0. The molecule has 0 unspecified atom stereocenters. The molecular formula is C18H17N3O5. The second kappa shape index (κ2) is 6.75. The molecule has 0 spiro atoms. The van der Waals surface area contributed by atoms with Crippen molar-refractivity contribution in [1.29, 1.82) is 0 Å². The lowest BCUT2D eigenvalue weighted by Crippen LogP contribution is -1.99. The predicted molar refractivity (Wildman–Crippen MR) is 95.9 cm³/mol. The number of nitrogens with one attached hydrogen (secondary N) is 2. The number of carboxylic acid groups (broad SMARTS) is 1. The Balaban J connectivity index is 2.11. The number of ether oxygens (including phenoxy) is 2. The number of Topliss-reactive ketones (excluding diaryl/α,β-unsaturated/α-hetero) is 1. The third-order valence-electron chi connectivity index (χ3n) is 3.89. The second-order valence-corrected chi connectivity index (χ2v) is 5.59. The number of H-pyrrole nitrogens is 1. The molecule has 3 aromatic rings. The number of benzene rings is 1. The first kappa shape index (κ1) is 17.3. The zero-order chi connectivity index (χ0) is 18.8. The average Bonchev–Trinajstić information content (AvgIpc) is 3.06. The number of ketones is 1. The molecule has 0 saturated carbocycles. The number of aromatic carboxylic acids is 1. The van der Waals surface area contributed by atoms with Crippen LogP contribution in [0.15, 0.2) is 30.5 Å². The van der Waals surface area contributed by atoms with Gasteiger partial charge in [0.25, 0.3) is 5.88 Å². The van der Waals surface area contributed by atoms with E-state index in [0.29, 0.717) is 39.5 Å². The van der Waals surface area contributed by atoms with Crippen molar-refractivity contribution in [3.05, 3.63) is 41.7 Å². The van der Waals surface area contributed by atoms with Crippen LogP contribution in [0.3, 0.4) is 0 Å². The number of methoxy groups -OCH3 is 2. The molecule has 2 heterocycles. The molecule has 0 fully saturated rings. The Labute approximate surface area is 148 Å². The van der Waals surface area contributed by atoms with Gasteiger partial charge in [-0.25, -0.2) is 9.78 Å². The Morgan fingerprint density at radius 3 is 2.54 bits per heavy atom. The van der Waals surface area contributed by atoms with Crippen LogP contribution in [0.1, 0.15) is 27.8 Å². The Morgan fingerprint density at radius 2 is 1.92 bits per heavy atom. The molecule has 0 aliphatic heterocycles. The van der Waals surface area contributed by atoms with E-state index in [4.69, 9.17) is 9.47 Å². The molecule has 3 rings (SSSR count). The van der Waals surface area contributed by atoms with E-state index in [1.54, 1.807) is 24.4 Å². The predicted octanol–water partition coefficient (Wildman–Crippen LogP) is 3.22. The minimum absolute atomic E-state index is 0.0363. The number of fused-ring (bicyclic) bond motifs is 1. The highest BCUT2D eigenvalue weighted by atomic mass is 16.5. The molecule has 134 valence electrons. The van der Waals surface area contributed by atoms with Gasteiger partial charge in [-0.05, 0) is 25.1 Å². The molecule has 26 heavy (non-hydrogen) atoms. The van der Waals surface area contributed by atoms with Crippen LogP contribution in [0.4, 0.5) is 11.4 Å².